The van der Waals surface area contributed by atoms with Gasteiger partial charge >= 0.3 is 0 Å². The molecule has 0 spiro atoms. The Morgan fingerprint density at radius 1 is 0.692 bits per heavy atom. The molecule has 7 heteroatoms. The highest BCUT2D eigenvalue weighted by atomic mass is 35.5. The average molecular weight is 558 g/mol. The second kappa shape index (κ2) is 11.0. The summed E-state index contributed by atoms with van der Waals surface area (Å²) >= 11 is 12.1. The molecule has 0 N–H and O–H groups in total. The number of rotatable bonds is 8. The molecule has 5 nitrogen and oxygen atoms in total. The van der Waals surface area contributed by atoms with Gasteiger partial charge in [-0.15, -0.1) is 0 Å². The van der Waals surface area contributed by atoms with Gasteiger partial charge in [0, 0.05) is 58.0 Å². The molecule has 0 aromatic heterocycles. The third-order valence-corrected chi connectivity index (χ3v) is 7.47. The summed E-state index contributed by atoms with van der Waals surface area (Å²) in [4.78, 5) is 44.1. The van der Waals surface area contributed by atoms with Gasteiger partial charge in [-0.2, -0.15) is 0 Å². The number of benzene rings is 4. The quantitative estimate of drug-likeness (QED) is 0.170. The summed E-state index contributed by atoms with van der Waals surface area (Å²) in [7, 11) is 3.81. The van der Waals surface area contributed by atoms with Crippen LogP contribution in [0.25, 0.3) is 0 Å². The lowest BCUT2D eigenvalue weighted by atomic mass is 9.74. The summed E-state index contributed by atoms with van der Waals surface area (Å²) < 4.78 is 6.17. The van der Waals surface area contributed by atoms with Gasteiger partial charge in [-0.1, -0.05) is 41.4 Å². The number of ketones is 3. The minimum Gasteiger partial charge on any atom is -0.481 e. The van der Waals surface area contributed by atoms with Gasteiger partial charge in [-0.05, 0) is 78.9 Å². The Hall–Kier alpha value is -3.93. The Bertz CT molecular complexity index is 1530. The number of halogens is 2. The maximum Gasteiger partial charge on any atom is 0.203 e. The van der Waals surface area contributed by atoms with Crippen LogP contribution in [0.4, 0.5) is 5.69 Å². The lowest BCUT2D eigenvalue weighted by Gasteiger charge is -2.26. The molecule has 5 rings (SSSR count). The van der Waals surface area contributed by atoms with E-state index in [1.54, 1.807) is 78.9 Å². The Kier molecular flexibility index (Phi) is 7.56. The van der Waals surface area contributed by atoms with E-state index < -0.39 is 23.7 Å². The summed E-state index contributed by atoms with van der Waals surface area (Å²) in [6, 6.07) is 27.1. The molecular weight excluding hydrogens is 533 g/mol. The molecule has 196 valence electrons. The van der Waals surface area contributed by atoms with Crippen LogP contribution in [0.15, 0.2) is 97.1 Å². The molecule has 1 aliphatic heterocycles. The van der Waals surface area contributed by atoms with E-state index in [1.807, 2.05) is 37.2 Å². The zero-order valence-corrected chi connectivity index (χ0v) is 22.8. The Morgan fingerprint density at radius 3 is 1.72 bits per heavy atom. The molecule has 3 atom stereocenters. The van der Waals surface area contributed by atoms with Crippen molar-refractivity contribution in [3.05, 3.63) is 129 Å². The van der Waals surface area contributed by atoms with E-state index >= 15 is 0 Å². The number of para-hydroxylation sites is 1. The van der Waals surface area contributed by atoms with E-state index in [2.05, 4.69) is 0 Å². The van der Waals surface area contributed by atoms with Gasteiger partial charge in [0.25, 0.3) is 0 Å². The molecule has 0 fully saturated rings. The normalized spacial score (nSPS) is 16.6. The molecule has 4 aromatic rings. The van der Waals surface area contributed by atoms with E-state index in [0.29, 0.717) is 38.0 Å². The smallest absolute Gasteiger partial charge is 0.203 e. The fourth-order valence-corrected chi connectivity index (χ4v) is 5.18. The number of fused-ring (bicyclic) bond motifs is 1. The zero-order valence-electron chi connectivity index (χ0n) is 21.3. The van der Waals surface area contributed by atoms with Gasteiger partial charge < -0.3 is 9.64 Å². The fourth-order valence-electron chi connectivity index (χ4n) is 4.93. The van der Waals surface area contributed by atoms with Crippen molar-refractivity contribution in [1.82, 2.24) is 0 Å². The van der Waals surface area contributed by atoms with E-state index in [-0.39, 0.29) is 11.6 Å². The number of carbonyl (C=O) groups excluding carboxylic acids is 3. The number of Topliss-reactive ketones (excluding diaryl/α,β-unsaturated/α-hetero) is 3. The maximum absolute atomic E-state index is 14.2. The van der Waals surface area contributed by atoms with Crippen molar-refractivity contribution < 1.29 is 19.1 Å². The van der Waals surface area contributed by atoms with Crippen molar-refractivity contribution in [3.63, 3.8) is 0 Å². The van der Waals surface area contributed by atoms with Gasteiger partial charge in [-0.25, -0.2) is 0 Å². The lowest BCUT2D eigenvalue weighted by Crippen LogP contribution is -2.40. The molecular formula is C32H25Cl2NO4. The highest BCUT2D eigenvalue weighted by Crippen LogP contribution is 2.45. The third kappa shape index (κ3) is 5.33. The Labute approximate surface area is 236 Å². The maximum atomic E-state index is 14.2. The second-order valence-corrected chi connectivity index (χ2v) is 10.5. The van der Waals surface area contributed by atoms with Gasteiger partial charge in [-0.3, -0.25) is 14.4 Å². The van der Waals surface area contributed by atoms with Crippen molar-refractivity contribution >= 4 is 46.2 Å². The standard InChI is InChI=1S/C32H25Cl2NO4/c1-35(2)24-17-11-20(12-18-24)30(37)28(29(36)19-7-13-22(33)14-8-19)27-25-5-3-4-6-26(25)39-32(27)31(38)21-9-15-23(34)16-10-21/h3-18,27-28,32H,1-2H3. The number of anilines is 1. The average Bonchev–Trinajstić information content (AvgIpc) is 3.32. The molecule has 3 unspecified atom stereocenters. The molecule has 0 bridgehead atoms. The van der Waals surface area contributed by atoms with E-state index in [9.17, 15) is 14.4 Å². The number of nitrogens with zero attached hydrogens (tertiary/aromatic N) is 1. The summed E-state index contributed by atoms with van der Waals surface area (Å²) in [5, 5.41) is 0.963. The van der Waals surface area contributed by atoms with Crippen LogP contribution in [-0.4, -0.2) is 37.5 Å². The minimum absolute atomic E-state index is 0.324. The first-order chi connectivity index (χ1) is 18.7. The van der Waals surface area contributed by atoms with Crippen LogP contribution < -0.4 is 9.64 Å². The molecule has 1 aliphatic rings. The predicted octanol–water partition coefficient (Wildman–Crippen LogP) is 7.17. The van der Waals surface area contributed by atoms with E-state index in [4.69, 9.17) is 27.9 Å². The van der Waals surface area contributed by atoms with Crippen molar-refractivity contribution in [2.45, 2.75) is 12.0 Å². The number of hydrogen-bond donors (Lipinski definition) is 0. The lowest BCUT2D eigenvalue weighted by molar-refractivity contribution is 0.0669. The summed E-state index contributed by atoms with van der Waals surface area (Å²) in [5.41, 5.74) is 2.62. The van der Waals surface area contributed by atoms with E-state index in [0.717, 1.165) is 5.69 Å². The summed E-state index contributed by atoms with van der Waals surface area (Å²) in [5.74, 6) is -2.74. The van der Waals surface area contributed by atoms with Gasteiger partial charge in [0.05, 0.1) is 5.92 Å². The Balaban J connectivity index is 1.64. The van der Waals surface area contributed by atoms with Crippen LogP contribution in [0.2, 0.25) is 10.0 Å². The van der Waals surface area contributed by atoms with Crippen molar-refractivity contribution in [1.29, 1.82) is 0 Å². The molecule has 0 aliphatic carbocycles. The van der Waals surface area contributed by atoms with Crippen molar-refractivity contribution in [2.24, 2.45) is 5.92 Å². The second-order valence-electron chi connectivity index (χ2n) is 9.63. The number of ether oxygens (including phenoxy) is 1. The van der Waals surface area contributed by atoms with Crippen molar-refractivity contribution in [2.75, 3.05) is 19.0 Å². The first kappa shape index (κ1) is 26.7. The van der Waals surface area contributed by atoms with E-state index in [1.165, 1.54) is 0 Å². The third-order valence-electron chi connectivity index (χ3n) is 6.97. The van der Waals surface area contributed by atoms with Crippen LogP contribution in [0.3, 0.4) is 0 Å². The molecule has 1 heterocycles. The largest absolute Gasteiger partial charge is 0.481 e. The van der Waals surface area contributed by atoms with Crippen LogP contribution >= 0.6 is 23.2 Å². The van der Waals surface area contributed by atoms with Crippen LogP contribution in [-0.2, 0) is 0 Å². The molecule has 4 aromatic carbocycles. The first-order valence-electron chi connectivity index (χ1n) is 12.4. The van der Waals surface area contributed by atoms with Gasteiger partial charge in [0.2, 0.25) is 5.78 Å². The first-order valence-corrected chi connectivity index (χ1v) is 13.2. The van der Waals surface area contributed by atoms with Crippen LogP contribution in [0.5, 0.6) is 5.75 Å². The van der Waals surface area contributed by atoms with Crippen LogP contribution in [0.1, 0.15) is 42.6 Å². The minimum atomic E-state index is -1.22. The number of carbonyl (C=O) groups is 3. The van der Waals surface area contributed by atoms with Crippen molar-refractivity contribution in [3.8, 4) is 5.75 Å². The van der Waals surface area contributed by atoms with Gasteiger partial charge in [0.15, 0.2) is 17.7 Å². The zero-order chi connectivity index (χ0) is 27.7. The molecule has 0 amide bonds. The molecule has 39 heavy (non-hydrogen) atoms. The predicted molar refractivity (Wildman–Crippen MR) is 154 cm³/mol. The molecule has 0 radical (unpaired) electrons. The summed E-state index contributed by atoms with van der Waals surface area (Å²) in [6.07, 6.45) is -1.09. The highest BCUT2D eigenvalue weighted by Gasteiger charge is 2.49. The number of hydrogen-bond acceptors (Lipinski definition) is 5. The summed E-state index contributed by atoms with van der Waals surface area (Å²) in [6.45, 7) is 0. The van der Waals surface area contributed by atoms with Crippen LogP contribution in [0, 0.1) is 5.92 Å². The highest BCUT2D eigenvalue weighted by molar-refractivity contribution is 6.31. The molecule has 0 saturated heterocycles. The van der Waals surface area contributed by atoms with Gasteiger partial charge in [0.1, 0.15) is 5.75 Å². The fraction of sp³-hybridized carbons (Fsp3) is 0.156. The monoisotopic (exact) mass is 557 g/mol. The SMILES string of the molecule is CN(C)c1ccc(C(=O)C(C(=O)c2ccc(Cl)cc2)C2c3ccccc3OC2C(=O)c2ccc(Cl)cc2)cc1. The topological polar surface area (TPSA) is 63.7 Å². The Morgan fingerprint density at radius 2 is 1.18 bits per heavy atom. The molecule has 0 saturated carbocycles.